The Morgan fingerprint density at radius 1 is 1.19 bits per heavy atom. The Hall–Kier alpha value is -2.25. The molecule has 0 saturated carbocycles. The molecule has 0 saturated heterocycles. The van der Waals surface area contributed by atoms with Crippen LogP contribution in [0, 0.1) is 0 Å². The molecule has 0 amide bonds. The summed E-state index contributed by atoms with van der Waals surface area (Å²) in [4.78, 5) is 21.3. The molecule has 2 rings (SSSR count). The van der Waals surface area contributed by atoms with Gasteiger partial charge in [-0.2, -0.15) is 4.72 Å². The lowest BCUT2D eigenvalue weighted by Crippen LogP contribution is -2.37. The Bertz CT molecular complexity index is 780. The predicted molar refractivity (Wildman–Crippen MR) is 76.0 cm³/mol. The summed E-state index contributed by atoms with van der Waals surface area (Å²) in [6.45, 7) is 0. The van der Waals surface area contributed by atoms with Crippen molar-refractivity contribution in [3.8, 4) is 0 Å². The van der Waals surface area contributed by atoms with Crippen molar-refractivity contribution < 1.29 is 23.1 Å². The molecule has 1 atom stereocenters. The van der Waals surface area contributed by atoms with E-state index >= 15 is 0 Å². The van der Waals surface area contributed by atoms with Crippen LogP contribution in [0.5, 0.6) is 0 Å². The molecule has 109 valence electrons. The van der Waals surface area contributed by atoms with Crippen LogP contribution in [0.1, 0.15) is 6.42 Å². The number of fused-ring (bicyclic) bond motifs is 1. The van der Waals surface area contributed by atoms with Gasteiger partial charge in [-0.3, -0.25) is 9.59 Å². The number of carbonyl (C=O) groups is 1. The molecular weight excluding hydrogens is 294 g/mol. The second kappa shape index (κ2) is 6.02. The second-order valence-electron chi connectivity index (χ2n) is 4.37. The van der Waals surface area contributed by atoms with Crippen molar-refractivity contribution in [3.63, 3.8) is 0 Å². The highest BCUT2D eigenvalue weighted by molar-refractivity contribution is 7.89. The molecule has 2 aromatic rings. The summed E-state index contributed by atoms with van der Waals surface area (Å²) in [5.74, 6) is -1.29. The number of nitrogens with one attached hydrogen (secondary N) is 1. The van der Waals surface area contributed by atoms with Crippen LogP contribution in [0.2, 0.25) is 0 Å². The average Bonchev–Trinajstić information content (AvgIpc) is 2.45. The van der Waals surface area contributed by atoms with Gasteiger partial charge in [-0.25, -0.2) is 8.42 Å². The van der Waals surface area contributed by atoms with Crippen LogP contribution >= 0.6 is 0 Å². The zero-order chi connectivity index (χ0) is 15.5. The Morgan fingerprint density at radius 3 is 2.52 bits per heavy atom. The van der Waals surface area contributed by atoms with E-state index in [1.54, 1.807) is 36.4 Å². The molecule has 0 aromatic heterocycles. The molecule has 21 heavy (non-hydrogen) atoms. The summed E-state index contributed by atoms with van der Waals surface area (Å²) < 4.78 is 26.7. The van der Waals surface area contributed by atoms with Crippen molar-refractivity contribution in [1.29, 1.82) is 0 Å². The van der Waals surface area contributed by atoms with Crippen molar-refractivity contribution in [2.24, 2.45) is 0 Å². The van der Waals surface area contributed by atoms with Crippen molar-refractivity contribution in [1.82, 2.24) is 4.72 Å². The van der Waals surface area contributed by atoms with E-state index in [9.17, 15) is 18.0 Å². The van der Waals surface area contributed by atoms with Gasteiger partial charge in [0, 0.05) is 5.39 Å². The van der Waals surface area contributed by atoms with E-state index in [1.165, 1.54) is 12.4 Å². The van der Waals surface area contributed by atoms with Crippen LogP contribution in [0.15, 0.2) is 47.4 Å². The first-order chi connectivity index (χ1) is 9.94. The number of benzene rings is 2. The van der Waals surface area contributed by atoms with Crippen molar-refractivity contribution in [2.75, 3.05) is 0 Å². The monoisotopic (exact) mass is 306 g/mol. The molecule has 6 nitrogen and oxygen atoms in total. The third kappa shape index (κ3) is 3.45. The van der Waals surface area contributed by atoms with E-state index in [1.807, 2.05) is 0 Å². The number of rotatable bonds is 6. The quantitative estimate of drug-likeness (QED) is 0.831. The SMILES string of the molecule is O=[C][C@H](CC(=O)O)NS(=O)(=O)c1cccc2ccccc12. The third-order valence-electron chi connectivity index (χ3n) is 2.86. The summed E-state index contributed by atoms with van der Waals surface area (Å²) in [7, 11) is -4.02. The lowest BCUT2D eigenvalue weighted by Gasteiger charge is -2.12. The van der Waals surface area contributed by atoms with Gasteiger partial charge in [-0.05, 0) is 11.5 Å². The highest BCUT2D eigenvalue weighted by atomic mass is 32.2. The van der Waals surface area contributed by atoms with E-state index in [0.717, 1.165) is 5.39 Å². The van der Waals surface area contributed by atoms with Crippen LogP contribution in [0.25, 0.3) is 10.8 Å². The summed E-state index contributed by atoms with van der Waals surface area (Å²) in [6.07, 6.45) is 0.727. The van der Waals surface area contributed by atoms with Crippen LogP contribution in [-0.2, 0) is 19.6 Å². The third-order valence-corrected chi connectivity index (χ3v) is 4.39. The van der Waals surface area contributed by atoms with Crippen LogP contribution < -0.4 is 4.72 Å². The number of aliphatic carboxylic acids is 1. The Balaban J connectivity index is 2.42. The van der Waals surface area contributed by atoms with Gasteiger partial charge in [-0.15, -0.1) is 0 Å². The zero-order valence-corrected chi connectivity index (χ0v) is 11.6. The normalized spacial score (nSPS) is 13.0. The number of carboxylic acid groups (broad SMARTS) is 1. The van der Waals surface area contributed by atoms with Crippen LogP contribution in [0.3, 0.4) is 0 Å². The Morgan fingerprint density at radius 2 is 1.86 bits per heavy atom. The number of hydrogen-bond acceptors (Lipinski definition) is 4. The molecule has 7 heteroatoms. The molecule has 1 radical (unpaired) electrons. The van der Waals surface area contributed by atoms with E-state index in [-0.39, 0.29) is 4.90 Å². The molecule has 2 N–H and O–H groups in total. The molecule has 0 bridgehead atoms. The summed E-state index contributed by atoms with van der Waals surface area (Å²) >= 11 is 0. The van der Waals surface area contributed by atoms with Gasteiger partial charge >= 0.3 is 5.97 Å². The molecule has 0 spiro atoms. The lowest BCUT2D eigenvalue weighted by molar-refractivity contribution is -0.137. The molecule has 0 unspecified atom stereocenters. The maximum atomic E-state index is 12.3. The fourth-order valence-corrected chi connectivity index (χ4v) is 3.33. The molecule has 0 fully saturated rings. The van der Waals surface area contributed by atoms with Gasteiger partial charge < -0.3 is 5.11 Å². The largest absolute Gasteiger partial charge is 0.481 e. The molecule has 0 aliphatic rings. The first kappa shape index (κ1) is 15.1. The highest BCUT2D eigenvalue weighted by Gasteiger charge is 2.23. The van der Waals surface area contributed by atoms with E-state index in [0.29, 0.717) is 5.39 Å². The van der Waals surface area contributed by atoms with E-state index in [4.69, 9.17) is 5.11 Å². The topological polar surface area (TPSA) is 101 Å². The second-order valence-corrected chi connectivity index (χ2v) is 6.05. The average molecular weight is 306 g/mol. The van der Waals surface area contributed by atoms with Crippen molar-refractivity contribution >= 4 is 33.1 Å². The van der Waals surface area contributed by atoms with Gasteiger partial charge in [0.05, 0.1) is 17.4 Å². The predicted octanol–water partition coefficient (Wildman–Crippen LogP) is 1.07. The van der Waals surface area contributed by atoms with Crippen molar-refractivity contribution in [3.05, 3.63) is 42.5 Å². The van der Waals surface area contributed by atoms with Gasteiger partial charge in [0.1, 0.15) is 0 Å². The number of sulfonamides is 1. The molecule has 0 aliphatic heterocycles. The van der Waals surface area contributed by atoms with Gasteiger partial charge in [0.25, 0.3) is 0 Å². The van der Waals surface area contributed by atoms with Gasteiger partial charge in [-0.1, -0.05) is 36.4 Å². The summed E-state index contributed by atoms with van der Waals surface area (Å²) in [6, 6.07) is 10.2. The summed E-state index contributed by atoms with van der Waals surface area (Å²) in [5.41, 5.74) is 0. The minimum absolute atomic E-state index is 0.00811. The molecule has 0 aliphatic carbocycles. The van der Waals surface area contributed by atoms with Gasteiger partial charge in [0.15, 0.2) is 0 Å². The molecule has 0 heterocycles. The smallest absolute Gasteiger partial charge is 0.305 e. The fraction of sp³-hybridized carbons (Fsp3) is 0.143. The first-order valence-corrected chi connectivity index (χ1v) is 7.52. The number of carboxylic acids is 1. The minimum atomic E-state index is -4.02. The zero-order valence-electron chi connectivity index (χ0n) is 10.8. The Kier molecular flexibility index (Phi) is 4.35. The Labute approximate surface area is 121 Å². The summed E-state index contributed by atoms with van der Waals surface area (Å²) in [5, 5.41) is 9.86. The van der Waals surface area contributed by atoms with Gasteiger partial charge in [0.2, 0.25) is 16.3 Å². The number of carbonyl (C=O) groups excluding carboxylic acids is 1. The lowest BCUT2D eigenvalue weighted by atomic mass is 10.1. The first-order valence-electron chi connectivity index (χ1n) is 6.03. The molecular formula is C14H12NO5S. The number of hydrogen-bond donors (Lipinski definition) is 2. The van der Waals surface area contributed by atoms with Crippen molar-refractivity contribution in [2.45, 2.75) is 17.4 Å². The van der Waals surface area contributed by atoms with Crippen LogP contribution in [-0.4, -0.2) is 31.8 Å². The maximum Gasteiger partial charge on any atom is 0.305 e. The fourth-order valence-electron chi connectivity index (χ4n) is 1.96. The standard InChI is InChI=1S/C14H12NO5S/c16-9-11(8-14(17)18)15-21(19,20)13-7-3-5-10-4-1-2-6-12(10)13/h1-7,11,15H,8H2,(H,17,18)/t11-/m0/s1. The van der Waals surface area contributed by atoms with Crippen LogP contribution in [0.4, 0.5) is 0 Å². The van der Waals surface area contributed by atoms with E-state index in [2.05, 4.69) is 4.72 Å². The highest BCUT2D eigenvalue weighted by Crippen LogP contribution is 2.22. The minimum Gasteiger partial charge on any atom is -0.481 e. The van der Waals surface area contributed by atoms with E-state index < -0.39 is 28.5 Å². The molecule has 2 aromatic carbocycles. The maximum absolute atomic E-state index is 12.3.